The van der Waals surface area contributed by atoms with Gasteiger partial charge in [0, 0.05) is 24.9 Å². The summed E-state index contributed by atoms with van der Waals surface area (Å²) in [6, 6.07) is 0.218. The van der Waals surface area contributed by atoms with Gasteiger partial charge in [-0.15, -0.1) is 0 Å². The highest BCUT2D eigenvalue weighted by Crippen LogP contribution is 2.54. The monoisotopic (exact) mass is 252 g/mol. The Bertz CT molecular complexity index is 320. The lowest BCUT2D eigenvalue weighted by Gasteiger charge is -2.13. The van der Waals surface area contributed by atoms with Crippen LogP contribution in [0.15, 0.2) is 0 Å². The van der Waals surface area contributed by atoms with Crippen LogP contribution in [-0.2, 0) is 9.59 Å². The third-order valence-corrected chi connectivity index (χ3v) is 4.29. The summed E-state index contributed by atoms with van der Waals surface area (Å²) in [5.41, 5.74) is 0. The summed E-state index contributed by atoms with van der Waals surface area (Å²) >= 11 is 0. The topological polar surface area (TPSA) is 58.2 Å². The highest BCUT2D eigenvalue weighted by atomic mass is 16.2. The van der Waals surface area contributed by atoms with Crippen molar-refractivity contribution < 1.29 is 9.59 Å². The van der Waals surface area contributed by atoms with E-state index in [1.165, 1.54) is 6.42 Å². The summed E-state index contributed by atoms with van der Waals surface area (Å²) in [5, 5.41) is 5.78. The average Bonchev–Trinajstić information content (AvgIpc) is 2.95. The minimum absolute atomic E-state index is 0.0268. The molecule has 0 saturated heterocycles. The van der Waals surface area contributed by atoms with E-state index in [0.29, 0.717) is 13.0 Å². The molecule has 2 aliphatic carbocycles. The molecular weight excluding hydrogens is 228 g/mol. The Kier molecular flexibility index (Phi) is 4.25. The molecule has 2 saturated carbocycles. The van der Waals surface area contributed by atoms with Gasteiger partial charge in [0.15, 0.2) is 0 Å². The number of amides is 2. The molecule has 3 atom stereocenters. The molecular formula is C14H24N2O2. The molecule has 4 heteroatoms. The SMILES string of the molecule is CCC(C)NC(=O)CCNC(=O)C1CC2CC2C1. The van der Waals surface area contributed by atoms with Crippen molar-refractivity contribution >= 4 is 11.8 Å². The zero-order valence-corrected chi connectivity index (χ0v) is 11.4. The average molecular weight is 252 g/mol. The molecule has 4 nitrogen and oxygen atoms in total. The lowest BCUT2D eigenvalue weighted by atomic mass is 10.0. The summed E-state index contributed by atoms with van der Waals surface area (Å²) in [5.74, 6) is 2.05. The van der Waals surface area contributed by atoms with E-state index in [2.05, 4.69) is 10.6 Å². The van der Waals surface area contributed by atoms with E-state index in [1.807, 2.05) is 13.8 Å². The fourth-order valence-electron chi connectivity index (χ4n) is 2.82. The normalized spacial score (nSPS) is 30.4. The fraction of sp³-hybridized carbons (Fsp3) is 0.857. The van der Waals surface area contributed by atoms with Crippen LogP contribution in [0.25, 0.3) is 0 Å². The van der Waals surface area contributed by atoms with Gasteiger partial charge in [-0.1, -0.05) is 6.92 Å². The van der Waals surface area contributed by atoms with Crippen LogP contribution in [0.2, 0.25) is 0 Å². The molecule has 3 unspecified atom stereocenters. The molecule has 0 aromatic rings. The molecule has 0 spiro atoms. The van der Waals surface area contributed by atoms with Crippen LogP contribution in [0.5, 0.6) is 0 Å². The van der Waals surface area contributed by atoms with Crippen LogP contribution < -0.4 is 10.6 Å². The maximum atomic E-state index is 11.8. The maximum absolute atomic E-state index is 11.8. The Labute approximate surface area is 109 Å². The molecule has 0 aliphatic heterocycles. The Morgan fingerprint density at radius 2 is 1.89 bits per heavy atom. The third kappa shape index (κ3) is 3.47. The zero-order chi connectivity index (χ0) is 13.1. The van der Waals surface area contributed by atoms with Gasteiger partial charge in [-0.05, 0) is 44.4 Å². The second-order valence-electron chi connectivity index (χ2n) is 5.84. The van der Waals surface area contributed by atoms with Gasteiger partial charge in [-0.3, -0.25) is 9.59 Å². The first-order chi connectivity index (χ1) is 8.60. The predicted molar refractivity (Wildman–Crippen MR) is 69.8 cm³/mol. The first-order valence-electron chi connectivity index (χ1n) is 7.17. The minimum atomic E-state index is 0.0268. The standard InChI is InChI=1S/C14H24N2O2/c1-3-9(2)16-13(17)4-5-15-14(18)12-7-10-6-11(10)8-12/h9-12H,3-8H2,1-2H3,(H,15,18)(H,16,17). The lowest BCUT2D eigenvalue weighted by Crippen LogP contribution is -2.36. The first-order valence-corrected chi connectivity index (χ1v) is 7.17. The number of hydrogen-bond donors (Lipinski definition) is 2. The van der Waals surface area contributed by atoms with Crippen molar-refractivity contribution in [3.8, 4) is 0 Å². The summed E-state index contributed by atoms with van der Waals surface area (Å²) in [4.78, 5) is 23.3. The molecule has 2 fully saturated rings. The van der Waals surface area contributed by atoms with E-state index in [9.17, 15) is 9.59 Å². The zero-order valence-electron chi connectivity index (χ0n) is 11.4. The minimum Gasteiger partial charge on any atom is -0.355 e. The highest BCUT2D eigenvalue weighted by Gasteiger charge is 2.47. The second-order valence-corrected chi connectivity index (χ2v) is 5.84. The number of fused-ring (bicyclic) bond motifs is 1. The van der Waals surface area contributed by atoms with Crippen LogP contribution in [0.3, 0.4) is 0 Å². The predicted octanol–water partition coefficient (Wildman–Crippen LogP) is 1.45. The van der Waals surface area contributed by atoms with Crippen molar-refractivity contribution in [2.75, 3.05) is 6.54 Å². The maximum Gasteiger partial charge on any atom is 0.223 e. The smallest absolute Gasteiger partial charge is 0.223 e. The lowest BCUT2D eigenvalue weighted by molar-refractivity contribution is -0.125. The van der Waals surface area contributed by atoms with Crippen molar-refractivity contribution in [3.63, 3.8) is 0 Å². The van der Waals surface area contributed by atoms with Gasteiger partial charge in [0.1, 0.15) is 0 Å². The Hall–Kier alpha value is -1.06. The number of carbonyl (C=O) groups is 2. The Morgan fingerprint density at radius 1 is 1.22 bits per heavy atom. The molecule has 2 aliphatic rings. The third-order valence-electron chi connectivity index (χ3n) is 4.29. The van der Waals surface area contributed by atoms with Gasteiger partial charge in [0.05, 0.1) is 0 Å². The number of rotatable bonds is 6. The van der Waals surface area contributed by atoms with Gasteiger partial charge >= 0.3 is 0 Å². The molecule has 0 radical (unpaired) electrons. The Balaban J connectivity index is 1.57. The molecule has 0 aromatic carbocycles. The van der Waals surface area contributed by atoms with Gasteiger partial charge in [0.25, 0.3) is 0 Å². The molecule has 2 N–H and O–H groups in total. The van der Waals surface area contributed by atoms with Crippen LogP contribution in [0, 0.1) is 17.8 Å². The number of carbonyl (C=O) groups excluding carboxylic acids is 2. The van der Waals surface area contributed by atoms with Crippen LogP contribution >= 0.6 is 0 Å². The van der Waals surface area contributed by atoms with E-state index < -0.39 is 0 Å². The molecule has 18 heavy (non-hydrogen) atoms. The summed E-state index contributed by atoms with van der Waals surface area (Å²) in [7, 11) is 0. The number of nitrogens with one attached hydrogen (secondary N) is 2. The quantitative estimate of drug-likeness (QED) is 0.752. The largest absolute Gasteiger partial charge is 0.355 e. The molecule has 2 rings (SSSR count). The van der Waals surface area contributed by atoms with Crippen LogP contribution in [0.1, 0.15) is 46.0 Å². The van der Waals surface area contributed by atoms with Gasteiger partial charge in [-0.2, -0.15) is 0 Å². The fourth-order valence-corrected chi connectivity index (χ4v) is 2.82. The summed E-state index contributed by atoms with van der Waals surface area (Å²) in [6.45, 7) is 4.49. The molecule has 2 amide bonds. The molecule has 102 valence electrons. The van der Waals surface area contributed by atoms with Crippen molar-refractivity contribution in [1.29, 1.82) is 0 Å². The summed E-state index contributed by atoms with van der Waals surface area (Å²) in [6.07, 6.45) is 4.78. The van der Waals surface area contributed by atoms with Gasteiger partial charge in [-0.25, -0.2) is 0 Å². The van der Waals surface area contributed by atoms with Crippen LogP contribution in [0.4, 0.5) is 0 Å². The summed E-state index contributed by atoms with van der Waals surface area (Å²) < 4.78 is 0. The van der Waals surface area contributed by atoms with Gasteiger partial charge < -0.3 is 10.6 Å². The van der Waals surface area contributed by atoms with E-state index >= 15 is 0 Å². The highest BCUT2D eigenvalue weighted by molar-refractivity contribution is 5.81. The van der Waals surface area contributed by atoms with E-state index in [4.69, 9.17) is 0 Å². The first kappa shape index (κ1) is 13.4. The number of hydrogen-bond acceptors (Lipinski definition) is 2. The molecule has 0 heterocycles. The Morgan fingerprint density at radius 3 is 2.50 bits per heavy atom. The van der Waals surface area contributed by atoms with Crippen molar-refractivity contribution in [2.24, 2.45) is 17.8 Å². The van der Waals surface area contributed by atoms with Crippen molar-refractivity contribution in [3.05, 3.63) is 0 Å². The van der Waals surface area contributed by atoms with Gasteiger partial charge in [0.2, 0.25) is 11.8 Å². The molecule has 0 bridgehead atoms. The van der Waals surface area contributed by atoms with E-state index in [-0.39, 0.29) is 23.8 Å². The van der Waals surface area contributed by atoms with Crippen LogP contribution in [-0.4, -0.2) is 24.4 Å². The van der Waals surface area contributed by atoms with Crippen molar-refractivity contribution in [2.45, 2.75) is 52.0 Å². The second kappa shape index (κ2) is 5.72. The van der Waals surface area contributed by atoms with E-state index in [1.54, 1.807) is 0 Å². The van der Waals surface area contributed by atoms with Crippen molar-refractivity contribution in [1.82, 2.24) is 10.6 Å². The van der Waals surface area contributed by atoms with E-state index in [0.717, 1.165) is 31.1 Å². The molecule has 0 aromatic heterocycles.